The Hall–Kier alpha value is -1.39. The topological polar surface area (TPSA) is 58.4 Å². The maximum absolute atomic E-state index is 12.2. The van der Waals surface area contributed by atoms with Gasteiger partial charge in [-0.25, -0.2) is 0 Å². The lowest BCUT2D eigenvalue weighted by Gasteiger charge is -2.32. The average Bonchev–Trinajstić information content (AvgIpc) is 2.48. The molecule has 2 atom stereocenters. The van der Waals surface area contributed by atoms with Crippen LogP contribution in [0.3, 0.4) is 0 Å². The first-order valence-electron chi connectivity index (χ1n) is 7.51. The Morgan fingerprint density at radius 3 is 2.90 bits per heavy atom. The van der Waals surface area contributed by atoms with E-state index in [1.807, 2.05) is 30.3 Å². The first-order valence-corrected chi connectivity index (χ1v) is 7.51. The molecular formula is C16H25N3O. The van der Waals surface area contributed by atoms with Gasteiger partial charge in [-0.2, -0.15) is 0 Å². The SMILES string of the molecule is CCN1CCCC(NC(=O)[C@H](N)Cc2ccccc2)C1. The summed E-state index contributed by atoms with van der Waals surface area (Å²) in [5.74, 6) is -0.0307. The molecule has 0 spiro atoms. The summed E-state index contributed by atoms with van der Waals surface area (Å²) < 4.78 is 0. The number of nitrogens with two attached hydrogens (primary N) is 1. The van der Waals surface area contributed by atoms with Crippen LogP contribution >= 0.6 is 0 Å². The van der Waals surface area contributed by atoms with Gasteiger partial charge >= 0.3 is 0 Å². The standard InChI is InChI=1S/C16H25N3O/c1-2-19-10-6-9-14(12-19)18-16(20)15(17)11-13-7-4-3-5-8-13/h3-5,7-8,14-15H,2,6,9-12,17H2,1H3,(H,18,20)/t14?,15-/m1/s1. The second-order valence-corrected chi connectivity index (χ2v) is 5.54. The maximum Gasteiger partial charge on any atom is 0.237 e. The molecule has 0 bridgehead atoms. The number of hydrogen-bond acceptors (Lipinski definition) is 3. The van der Waals surface area contributed by atoms with Gasteiger partial charge in [0.2, 0.25) is 5.91 Å². The van der Waals surface area contributed by atoms with Gasteiger partial charge in [0, 0.05) is 12.6 Å². The lowest BCUT2D eigenvalue weighted by molar-refractivity contribution is -0.123. The number of hydrogen-bond donors (Lipinski definition) is 2. The third-order valence-corrected chi connectivity index (χ3v) is 3.93. The van der Waals surface area contributed by atoms with Crippen LogP contribution in [0, 0.1) is 0 Å². The molecule has 2 rings (SSSR count). The zero-order valence-electron chi connectivity index (χ0n) is 12.2. The molecule has 4 nitrogen and oxygen atoms in total. The number of amides is 1. The van der Waals surface area contributed by atoms with Crippen molar-refractivity contribution in [2.75, 3.05) is 19.6 Å². The third kappa shape index (κ3) is 4.32. The predicted octanol–water partition coefficient (Wildman–Crippen LogP) is 1.16. The molecule has 4 heteroatoms. The molecule has 1 fully saturated rings. The maximum atomic E-state index is 12.2. The van der Waals surface area contributed by atoms with E-state index in [4.69, 9.17) is 5.73 Å². The summed E-state index contributed by atoms with van der Waals surface area (Å²) in [4.78, 5) is 14.5. The molecule has 0 saturated carbocycles. The van der Waals surface area contributed by atoms with Crippen molar-refractivity contribution in [1.29, 1.82) is 0 Å². The zero-order chi connectivity index (χ0) is 14.4. The quantitative estimate of drug-likeness (QED) is 0.848. The van der Waals surface area contributed by atoms with Crippen molar-refractivity contribution < 1.29 is 4.79 Å². The van der Waals surface area contributed by atoms with Crippen LogP contribution in [0.2, 0.25) is 0 Å². The highest BCUT2D eigenvalue weighted by molar-refractivity contribution is 5.82. The van der Waals surface area contributed by atoms with Gasteiger partial charge in [0.25, 0.3) is 0 Å². The first-order chi connectivity index (χ1) is 9.69. The van der Waals surface area contributed by atoms with E-state index in [2.05, 4.69) is 17.1 Å². The lowest BCUT2D eigenvalue weighted by Crippen LogP contribution is -2.52. The molecule has 1 aromatic rings. The van der Waals surface area contributed by atoms with Gasteiger partial charge in [-0.3, -0.25) is 4.79 Å². The van der Waals surface area contributed by atoms with Gasteiger partial charge in [0.05, 0.1) is 6.04 Å². The summed E-state index contributed by atoms with van der Waals surface area (Å²) in [6, 6.07) is 9.71. The largest absolute Gasteiger partial charge is 0.351 e. The van der Waals surface area contributed by atoms with Crippen molar-refractivity contribution in [3.05, 3.63) is 35.9 Å². The fourth-order valence-electron chi connectivity index (χ4n) is 2.73. The normalized spacial score (nSPS) is 21.4. The summed E-state index contributed by atoms with van der Waals surface area (Å²) in [6.45, 7) is 5.28. The van der Waals surface area contributed by atoms with E-state index in [0.29, 0.717) is 6.42 Å². The molecule has 1 amide bonds. The summed E-state index contributed by atoms with van der Waals surface area (Å²) >= 11 is 0. The van der Waals surface area contributed by atoms with Crippen molar-refractivity contribution in [3.63, 3.8) is 0 Å². The third-order valence-electron chi connectivity index (χ3n) is 3.93. The molecule has 1 heterocycles. The molecule has 0 radical (unpaired) electrons. The van der Waals surface area contributed by atoms with Gasteiger partial charge in [-0.15, -0.1) is 0 Å². The molecule has 1 aliphatic rings. The fraction of sp³-hybridized carbons (Fsp3) is 0.562. The predicted molar refractivity (Wildman–Crippen MR) is 81.4 cm³/mol. The van der Waals surface area contributed by atoms with Crippen molar-refractivity contribution in [2.24, 2.45) is 5.73 Å². The number of likely N-dealkylation sites (tertiary alicyclic amines) is 1. The average molecular weight is 275 g/mol. The monoisotopic (exact) mass is 275 g/mol. The fourth-order valence-corrected chi connectivity index (χ4v) is 2.73. The Kier molecular flexibility index (Phi) is 5.56. The van der Waals surface area contributed by atoms with Gasteiger partial charge < -0.3 is 16.0 Å². The molecule has 1 aliphatic heterocycles. The number of nitrogens with one attached hydrogen (secondary N) is 1. The smallest absolute Gasteiger partial charge is 0.237 e. The molecular weight excluding hydrogens is 250 g/mol. The Labute approximate surface area is 121 Å². The molecule has 110 valence electrons. The first kappa shape index (κ1) is 15.0. The molecule has 1 unspecified atom stereocenters. The summed E-state index contributed by atoms with van der Waals surface area (Å²) in [6.07, 6.45) is 2.80. The van der Waals surface area contributed by atoms with Crippen molar-refractivity contribution in [1.82, 2.24) is 10.2 Å². The molecule has 3 N–H and O–H groups in total. The second kappa shape index (κ2) is 7.41. The van der Waals surface area contributed by atoms with Crippen molar-refractivity contribution in [2.45, 2.75) is 38.3 Å². The van der Waals surface area contributed by atoms with Gasteiger partial charge in [0.15, 0.2) is 0 Å². The summed E-state index contributed by atoms with van der Waals surface area (Å²) in [5, 5.41) is 3.10. The highest BCUT2D eigenvalue weighted by atomic mass is 16.2. The number of piperidine rings is 1. The number of rotatable bonds is 5. The highest BCUT2D eigenvalue weighted by Gasteiger charge is 2.22. The molecule has 20 heavy (non-hydrogen) atoms. The van der Waals surface area contributed by atoms with Crippen LogP contribution < -0.4 is 11.1 Å². The Morgan fingerprint density at radius 2 is 2.20 bits per heavy atom. The number of carbonyl (C=O) groups excluding carboxylic acids is 1. The van der Waals surface area contributed by atoms with E-state index in [1.54, 1.807) is 0 Å². The van der Waals surface area contributed by atoms with E-state index in [9.17, 15) is 4.79 Å². The van der Waals surface area contributed by atoms with E-state index in [1.165, 1.54) is 0 Å². The van der Waals surface area contributed by atoms with E-state index in [-0.39, 0.29) is 11.9 Å². The van der Waals surface area contributed by atoms with Gasteiger partial charge in [-0.1, -0.05) is 37.3 Å². The van der Waals surface area contributed by atoms with Crippen LogP contribution in [0.4, 0.5) is 0 Å². The van der Waals surface area contributed by atoms with Gasteiger partial charge in [-0.05, 0) is 37.9 Å². The minimum Gasteiger partial charge on any atom is -0.351 e. The van der Waals surface area contributed by atoms with Crippen LogP contribution in [0.1, 0.15) is 25.3 Å². The Bertz CT molecular complexity index is 421. The number of nitrogens with zero attached hydrogens (tertiary/aromatic N) is 1. The Morgan fingerprint density at radius 1 is 1.45 bits per heavy atom. The minimum absolute atomic E-state index is 0.0307. The van der Waals surface area contributed by atoms with Crippen LogP contribution in [0.15, 0.2) is 30.3 Å². The van der Waals surface area contributed by atoms with Crippen LogP contribution in [0.25, 0.3) is 0 Å². The molecule has 1 aromatic carbocycles. The molecule has 0 aliphatic carbocycles. The van der Waals surface area contributed by atoms with Crippen molar-refractivity contribution >= 4 is 5.91 Å². The van der Waals surface area contributed by atoms with E-state index < -0.39 is 6.04 Å². The van der Waals surface area contributed by atoms with Gasteiger partial charge in [0.1, 0.15) is 0 Å². The number of likely N-dealkylation sites (N-methyl/N-ethyl adjacent to an activating group) is 1. The zero-order valence-corrected chi connectivity index (χ0v) is 12.2. The molecule has 1 saturated heterocycles. The van der Waals surface area contributed by atoms with Crippen LogP contribution in [0.5, 0.6) is 0 Å². The Balaban J connectivity index is 1.81. The summed E-state index contributed by atoms with van der Waals surface area (Å²) in [5.41, 5.74) is 7.11. The van der Waals surface area contributed by atoms with Crippen LogP contribution in [-0.4, -0.2) is 42.5 Å². The highest BCUT2D eigenvalue weighted by Crippen LogP contribution is 2.10. The van der Waals surface area contributed by atoms with E-state index in [0.717, 1.165) is 38.0 Å². The van der Waals surface area contributed by atoms with Crippen LogP contribution in [-0.2, 0) is 11.2 Å². The van der Waals surface area contributed by atoms with Crippen molar-refractivity contribution in [3.8, 4) is 0 Å². The molecule has 0 aromatic heterocycles. The second-order valence-electron chi connectivity index (χ2n) is 5.54. The number of benzene rings is 1. The van der Waals surface area contributed by atoms with E-state index >= 15 is 0 Å². The lowest BCUT2D eigenvalue weighted by atomic mass is 10.0. The number of carbonyl (C=O) groups is 1. The minimum atomic E-state index is -0.464. The summed E-state index contributed by atoms with van der Waals surface area (Å²) in [7, 11) is 0.